The minimum Gasteiger partial charge on any atom is -0.480 e. The summed E-state index contributed by atoms with van der Waals surface area (Å²) in [4.78, 5) is 23.7. The average Bonchev–Trinajstić information content (AvgIpc) is 2.21. The van der Waals surface area contributed by atoms with E-state index < -0.39 is 5.97 Å². The Balaban J connectivity index is 4.33. The summed E-state index contributed by atoms with van der Waals surface area (Å²) in [6, 6.07) is -0.0227. The number of amides is 1. The number of hydrogen-bond acceptors (Lipinski definition) is 3. The van der Waals surface area contributed by atoms with Crippen molar-refractivity contribution in [2.75, 3.05) is 20.1 Å². The van der Waals surface area contributed by atoms with Gasteiger partial charge in [-0.1, -0.05) is 6.92 Å². The van der Waals surface area contributed by atoms with Crippen LogP contribution in [0.2, 0.25) is 0 Å². The second-order valence-electron chi connectivity index (χ2n) is 3.53. The standard InChI is InChI=1S/C10H20N2O3/c1-4-8(2)12(7-10(14)15)9(13)5-6-11-3/h8,11H,4-7H2,1-3H3,(H,14,15). The fourth-order valence-electron chi connectivity index (χ4n) is 1.23. The molecule has 2 N–H and O–H groups in total. The first-order valence-corrected chi connectivity index (χ1v) is 5.18. The molecule has 0 saturated heterocycles. The zero-order valence-corrected chi connectivity index (χ0v) is 9.62. The molecule has 0 aliphatic carbocycles. The lowest BCUT2D eigenvalue weighted by atomic mass is 10.2. The van der Waals surface area contributed by atoms with Crippen LogP contribution < -0.4 is 5.32 Å². The molecule has 0 aromatic heterocycles. The number of hydrogen-bond donors (Lipinski definition) is 2. The summed E-state index contributed by atoms with van der Waals surface area (Å²) in [5.74, 6) is -1.07. The van der Waals surface area contributed by atoms with E-state index >= 15 is 0 Å². The van der Waals surface area contributed by atoms with Crippen molar-refractivity contribution in [2.45, 2.75) is 32.7 Å². The summed E-state index contributed by atoms with van der Waals surface area (Å²) in [6.07, 6.45) is 1.10. The molecular weight excluding hydrogens is 196 g/mol. The maximum Gasteiger partial charge on any atom is 0.323 e. The monoisotopic (exact) mass is 216 g/mol. The van der Waals surface area contributed by atoms with Gasteiger partial charge in [0.25, 0.3) is 0 Å². The van der Waals surface area contributed by atoms with Gasteiger partial charge in [-0.2, -0.15) is 0 Å². The van der Waals surface area contributed by atoms with Crippen molar-refractivity contribution < 1.29 is 14.7 Å². The van der Waals surface area contributed by atoms with Crippen LogP contribution >= 0.6 is 0 Å². The van der Waals surface area contributed by atoms with Crippen molar-refractivity contribution in [1.29, 1.82) is 0 Å². The van der Waals surface area contributed by atoms with Crippen LogP contribution in [0.5, 0.6) is 0 Å². The first-order chi connectivity index (χ1) is 7.02. The van der Waals surface area contributed by atoms with E-state index in [0.29, 0.717) is 13.0 Å². The molecule has 0 bridgehead atoms. The SMILES string of the molecule is CCC(C)N(CC(=O)O)C(=O)CCNC. The average molecular weight is 216 g/mol. The Morgan fingerprint density at radius 2 is 2.07 bits per heavy atom. The summed E-state index contributed by atoms with van der Waals surface area (Å²) in [5.41, 5.74) is 0. The molecule has 5 nitrogen and oxygen atoms in total. The lowest BCUT2D eigenvalue weighted by molar-refractivity contribution is -0.146. The minimum atomic E-state index is -0.965. The van der Waals surface area contributed by atoms with E-state index in [1.807, 2.05) is 13.8 Å². The van der Waals surface area contributed by atoms with Crippen molar-refractivity contribution in [1.82, 2.24) is 10.2 Å². The highest BCUT2D eigenvalue weighted by molar-refractivity contribution is 5.81. The Hall–Kier alpha value is -1.10. The summed E-state index contributed by atoms with van der Waals surface area (Å²) < 4.78 is 0. The number of carbonyl (C=O) groups is 2. The molecule has 5 heteroatoms. The highest BCUT2D eigenvalue weighted by Gasteiger charge is 2.20. The normalized spacial score (nSPS) is 12.2. The highest BCUT2D eigenvalue weighted by Crippen LogP contribution is 2.05. The van der Waals surface area contributed by atoms with Gasteiger partial charge in [0.05, 0.1) is 0 Å². The molecular formula is C10H20N2O3. The van der Waals surface area contributed by atoms with Gasteiger partial charge in [-0.3, -0.25) is 9.59 Å². The van der Waals surface area contributed by atoms with E-state index in [1.54, 1.807) is 7.05 Å². The zero-order chi connectivity index (χ0) is 11.8. The highest BCUT2D eigenvalue weighted by atomic mass is 16.4. The molecule has 0 aliphatic rings. The van der Waals surface area contributed by atoms with Crippen LogP contribution in [0.3, 0.4) is 0 Å². The third-order valence-electron chi connectivity index (χ3n) is 2.34. The molecule has 0 aromatic rings. The molecule has 1 atom stereocenters. The molecule has 15 heavy (non-hydrogen) atoms. The van der Waals surface area contributed by atoms with Crippen molar-refractivity contribution in [3.63, 3.8) is 0 Å². The summed E-state index contributed by atoms with van der Waals surface area (Å²) >= 11 is 0. The molecule has 88 valence electrons. The Morgan fingerprint density at radius 1 is 1.47 bits per heavy atom. The van der Waals surface area contributed by atoms with E-state index in [4.69, 9.17) is 5.11 Å². The quantitative estimate of drug-likeness (QED) is 0.642. The van der Waals surface area contributed by atoms with Crippen molar-refractivity contribution in [2.24, 2.45) is 0 Å². The molecule has 0 spiro atoms. The molecule has 0 fully saturated rings. The van der Waals surface area contributed by atoms with Gasteiger partial charge < -0.3 is 15.3 Å². The number of nitrogens with one attached hydrogen (secondary N) is 1. The fraction of sp³-hybridized carbons (Fsp3) is 0.800. The van der Waals surface area contributed by atoms with Crippen LogP contribution in [0, 0.1) is 0 Å². The largest absolute Gasteiger partial charge is 0.480 e. The third kappa shape index (κ3) is 5.37. The number of nitrogens with zero attached hydrogens (tertiary/aromatic N) is 1. The zero-order valence-electron chi connectivity index (χ0n) is 9.62. The number of rotatable bonds is 7. The van der Waals surface area contributed by atoms with E-state index in [0.717, 1.165) is 6.42 Å². The number of carbonyl (C=O) groups excluding carboxylic acids is 1. The Morgan fingerprint density at radius 3 is 2.47 bits per heavy atom. The van der Waals surface area contributed by atoms with E-state index in [2.05, 4.69) is 5.32 Å². The van der Waals surface area contributed by atoms with Gasteiger partial charge in [-0.05, 0) is 20.4 Å². The molecule has 0 heterocycles. The van der Waals surface area contributed by atoms with Gasteiger partial charge in [-0.15, -0.1) is 0 Å². The van der Waals surface area contributed by atoms with Gasteiger partial charge in [0.2, 0.25) is 5.91 Å². The first-order valence-electron chi connectivity index (χ1n) is 5.18. The maximum absolute atomic E-state index is 11.7. The lowest BCUT2D eigenvalue weighted by Gasteiger charge is -2.26. The van der Waals surface area contributed by atoms with E-state index in [9.17, 15) is 9.59 Å². The topological polar surface area (TPSA) is 69.6 Å². The van der Waals surface area contributed by atoms with E-state index in [1.165, 1.54) is 4.90 Å². The third-order valence-corrected chi connectivity index (χ3v) is 2.34. The molecule has 0 saturated carbocycles. The number of carboxylic acids is 1. The van der Waals surface area contributed by atoms with Gasteiger partial charge >= 0.3 is 5.97 Å². The first kappa shape index (κ1) is 13.9. The predicted molar refractivity (Wildman–Crippen MR) is 57.6 cm³/mol. The second kappa shape index (κ2) is 7.23. The van der Waals surface area contributed by atoms with Crippen LogP contribution in [0.25, 0.3) is 0 Å². The Kier molecular flexibility index (Phi) is 6.70. The fourth-order valence-corrected chi connectivity index (χ4v) is 1.23. The summed E-state index contributed by atoms with van der Waals surface area (Å²) in [5, 5.41) is 11.6. The van der Waals surface area contributed by atoms with Crippen molar-refractivity contribution >= 4 is 11.9 Å². The van der Waals surface area contributed by atoms with Crippen LogP contribution in [-0.2, 0) is 9.59 Å². The maximum atomic E-state index is 11.7. The molecule has 0 aromatic carbocycles. The number of carboxylic acid groups (broad SMARTS) is 1. The van der Waals surface area contributed by atoms with Crippen molar-refractivity contribution in [3.05, 3.63) is 0 Å². The van der Waals surface area contributed by atoms with Gasteiger partial charge in [0.15, 0.2) is 0 Å². The molecule has 0 radical (unpaired) electrons. The summed E-state index contributed by atoms with van der Waals surface area (Å²) in [6.45, 7) is 4.16. The van der Waals surface area contributed by atoms with Crippen LogP contribution in [0.15, 0.2) is 0 Å². The lowest BCUT2D eigenvalue weighted by Crippen LogP contribution is -2.42. The smallest absolute Gasteiger partial charge is 0.323 e. The molecule has 1 unspecified atom stereocenters. The number of aliphatic carboxylic acids is 1. The van der Waals surface area contributed by atoms with Gasteiger partial charge in [0.1, 0.15) is 6.54 Å². The Bertz CT molecular complexity index is 219. The van der Waals surface area contributed by atoms with E-state index in [-0.39, 0.29) is 18.5 Å². The van der Waals surface area contributed by atoms with Gasteiger partial charge in [0, 0.05) is 19.0 Å². The van der Waals surface area contributed by atoms with Crippen LogP contribution in [-0.4, -0.2) is 48.1 Å². The molecule has 0 aliphatic heterocycles. The molecule has 1 amide bonds. The van der Waals surface area contributed by atoms with Gasteiger partial charge in [-0.25, -0.2) is 0 Å². The Labute approximate surface area is 90.5 Å². The van der Waals surface area contributed by atoms with Crippen molar-refractivity contribution in [3.8, 4) is 0 Å². The van der Waals surface area contributed by atoms with Crippen LogP contribution in [0.1, 0.15) is 26.7 Å². The second-order valence-corrected chi connectivity index (χ2v) is 3.53. The predicted octanol–water partition coefficient (Wildman–Crippen LogP) is 0.308. The summed E-state index contributed by atoms with van der Waals surface area (Å²) in [7, 11) is 1.76. The van der Waals surface area contributed by atoms with Crippen LogP contribution in [0.4, 0.5) is 0 Å². The molecule has 0 rings (SSSR count). The minimum absolute atomic E-state index is 0.0227.